The highest BCUT2D eigenvalue weighted by atomic mass is 16.6. The molecule has 3 rings (SSSR count). The van der Waals surface area contributed by atoms with Crippen LogP contribution in [0.5, 0.6) is 17.2 Å². The first-order valence-corrected chi connectivity index (χ1v) is 15.2. The fourth-order valence-corrected chi connectivity index (χ4v) is 4.94. The van der Waals surface area contributed by atoms with E-state index < -0.39 is 36.7 Å². The highest BCUT2D eigenvalue weighted by molar-refractivity contribution is 5.88. The molecule has 0 saturated carbocycles. The van der Waals surface area contributed by atoms with E-state index >= 15 is 0 Å². The van der Waals surface area contributed by atoms with E-state index in [0.29, 0.717) is 43.1 Å². The molecule has 0 aliphatic heterocycles. The van der Waals surface area contributed by atoms with Gasteiger partial charge < -0.3 is 44.5 Å². The van der Waals surface area contributed by atoms with E-state index in [-0.39, 0.29) is 13.2 Å². The van der Waals surface area contributed by atoms with Crippen molar-refractivity contribution < 1.29 is 48.3 Å². The normalized spacial score (nSPS) is 12.2. The maximum Gasteiger partial charge on any atom is 0.336 e. The van der Waals surface area contributed by atoms with Crippen LogP contribution in [-0.2, 0) is 30.3 Å². The highest BCUT2D eigenvalue weighted by Gasteiger charge is 2.36. The van der Waals surface area contributed by atoms with Crippen LogP contribution in [0.25, 0.3) is 10.8 Å². The largest absolute Gasteiger partial charge is 0.493 e. The number of rotatable bonds is 22. The summed E-state index contributed by atoms with van der Waals surface area (Å²) in [4.78, 5) is 36.0. The predicted octanol–water partition coefficient (Wildman–Crippen LogP) is 4.53. The zero-order valence-electron chi connectivity index (χ0n) is 26.6. The molecule has 4 N–H and O–H groups in total. The van der Waals surface area contributed by atoms with Gasteiger partial charge in [0, 0.05) is 37.5 Å². The van der Waals surface area contributed by atoms with Crippen LogP contribution >= 0.6 is 0 Å². The van der Waals surface area contributed by atoms with Gasteiger partial charge in [-0.2, -0.15) is 0 Å². The van der Waals surface area contributed by atoms with E-state index in [1.807, 2.05) is 12.1 Å². The molecule has 1 amide bonds. The van der Waals surface area contributed by atoms with Gasteiger partial charge in [0.05, 0.1) is 21.3 Å². The molecule has 0 fully saturated rings. The van der Waals surface area contributed by atoms with E-state index in [0.717, 1.165) is 24.9 Å². The first-order valence-electron chi connectivity index (χ1n) is 15.2. The van der Waals surface area contributed by atoms with E-state index in [9.17, 15) is 19.5 Å². The van der Waals surface area contributed by atoms with Gasteiger partial charge in [-0.1, -0.05) is 48.9 Å². The summed E-state index contributed by atoms with van der Waals surface area (Å²) in [5, 5.41) is 27.0. The quantitative estimate of drug-likeness (QED) is 0.114. The average molecular weight is 641 g/mol. The summed E-state index contributed by atoms with van der Waals surface area (Å²) in [6.07, 6.45) is 1.15. The summed E-state index contributed by atoms with van der Waals surface area (Å²) in [7, 11) is 4.61. The minimum Gasteiger partial charge on any atom is -0.493 e. The molecular formula is C34H44N2O10. The second-order valence-electron chi connectivity index (χ2n) is 10.6. The number of amides is 1. The van der Waals surface area contributed by atoms with Crippen LogP contribution < -0.4 is 24.8 Å². The summed E-state index contributed by atoms with van der Waals surface area (Å²) in [6, 6.07) is 18.1. The van der Waals surface area contributed by atoms with Crippen molar-refractivity contribution >= 4 is 34.3 Å². The number of methoxy groups -OCH3 is 3. The van der Waals surface area contributed by atoms with Crippen molar-refractivity contribution in [3.05, 3.63) is 60.2 Å². The number of hydrogen-bond acceptors (Lipinski definition) is 9. The zero-order chi connectivity index (χ0) is 33.3. The lowest BCUT2D eigenvalue weighted by Gasteiger charge is -2.23. The van der Waals surface area contributed by atoms with Crippen LogP contribution in [0.15, 0.2) is 54.6 Å². The number of fused-ring (bicyclic) bond motifs is 1. The van der Waals surface area contributed by atoms with Crippen molar-refractivity contribution in [2.24, 2.45) is 0 Å². The Morgan fingerprint density at radius 3 is 2.09 bits per heavy atom. The van der Waals surface area contributed by atoms with Crippen molar-refractivity contribution in [2.45, 2.75) is 50.7 Å². The Morgan fingerprint density at radius 1 is 0.739 bits per heavy atom. The first kappa shape index (κ1) is 35.9. The fraction of sp³-hybridized carbons (Fsp3) is 0.441. The maximum atomic E-state index is 13.0. The van der Waals surface area contributed by atoms with E-state index in [1.165, 1.54) is 37.7 Å². The summed E-state index contributed by atoms with van der Waals surface area (Å²) in [5.74, 6) is -1.98. The average Bonchev–Trinajstić information content (AvgIpc) is 3.05. The first-order chi connectivity index (χ1) is 22.3. The standard InChI is InChI=1S/C34H44N2O10/c1-42-27-20-26(21-28(43-2)30(27)44-3)35-16-8-9-17-36-33(39)31(32(34(40)41)46-22-29(37)38)45-18-10-4-5-11-23-14-15-24-12-6-7-13-25(24)19-23/h6-7,12-15,19-21,31-32,35H,4-5,8-11,16-18,22H2,1-3H3,(H,36,39)(H,37,38)(H,40,41). The lowest BCUT2D eigenvalue weighted by atomic mass is 10.0. The number of carboxylic acids is 2. The molecule has 0 radical (unpaired) electrons. The number of anilines is 1. The van der Waals surface area contributed by atoms with Gasteiger partial charge in [0.25, 0.3) is 5.91 Å². The molecule has 0 aromatic heterocycles. The smallest absolute Gasteiger partial charge is 0.336 e. The number of carbonyl (C=O) groups excluding carboxylic acids is 1. The molecule has 0 aliphatic rings. The van der Waals surface area contributed by atoms with Crippen molar-refractivity contribution in [2.75, 3.05) is 52.9 Å². The van der Waals surface area contributed by atoms with Crippen LogP contribution in [0.3, 0.4) is 0 Å². The van der Waals surface area contributed by atoms with Gasteiger partial charge in [-0.15, -0.1) is 0 Å². The molecule has 0 heterocycles. The third kappa shape index (κ3) is 11.1. The summed E-state index contributed by atoms with van der Waals surface area (Å²) in [6.45, 7) is 0.0803. The second-order valence-corrected chi connectivity index (χ2v) is 10.6. The Labute approximate surface area is 268 Å². The van der Waals surface area contributed by atoms with Gasteiger partial charge in [0.1, 0.15) is 6.61 Å². The van der Waals surface area contributed by atoms with Crippen molar-refractivity contribution in [3.8, 4) is 17.2 Å². The third-order valence-corrected chi connectivity index (χ3v) is 7.28. The number of benzene rings is 3. The molecule has 250 valence electrons. The fourth-order valence-electron chi connectivity index (χ4n) is 4.94. The second kappa shape index (κ2) is 19.1. The topological polar surface area (TPSA) is 162 Å². The highest BCUT2D eigenvalue weighted by Crippen LogP contribution is 2.39. The van der Waals surface area contributed by atoms with E-state index in [1.54, 1.807) is 12.1 Å². The van der Waals surface area contributed by atoms with Gasteiger partial charge in [0.15, 0.2) is 23.7 Å². The Hall–Kier alpha value is -4.55. The lowest BCUT2D eigenvalue weighted by molar-refractivity contribution is -0.172. The van der Waals surface area contributed by atoms with Gasteiger partial charge in [0.2, 0.25) is 5.75 Å². The summed E-state index contributed by atoms with van der Waals surface area (Å²) < 4.78 is 26.8. The number of carbonyl (C=O) groups is 3. The SMILES string of the molecule is COc1cc(NCCCCNC(=O)C(OCCCCCc2ccc3ccccc3c2)C(OCC(=O)O)C(=O)O)cc(OC)c1OC. The molecule has 12 heteroatoms. The molecular weight excluding hydrogens is 596 g/mol. The maximum absolute atomic E-state index is 13.0. The van der Waals surface area contributed by atoms with Gasteiger partial charge in [-0.3, -0.25) is 4.79 Å². The van der Waals surface area contributed by atoms with Crippen LogP contribution in [-0.4, -0.2) is 87.9 Å². The van der Waals surface area contributed by atoms with Crippen LogP contribution in [0.4, 0.5) is 5.69 Å². The molecule has 3 aromatic rings. The van der Waals surface area contributed by atoms with Gasteiger partial charge in [-0.05, 0) is 48.4 Å². The number of aryl methyl sites for hydroxylation is 1. The van der Waals surface area contributed by atoms with Gasteiger partial charge >= 0.3 is 11.9 Å². The number of ether oxygens (including phenoxy) is 5. The Bertz CT molecular complexity index is 1410. The summed E-state index contributed by atoms with van der Waals surface area (Å²) in [5.41, 5.74) is 1.99. The van der Waals surface area contributed by atoms with Crippen molar-refractivity contribution in [1.29, 1.82) is 0 Å². The number of nitrogens with one attached hydrogen (secondary N) is 2. The Morgan fingerprint density at radius 2 is 1.43 bits per heavy atom. The molecule has 0 bridgehead atoms. The minimum absolute atomic E-state index is 0.120. The molecule has 46 heavy (non-hydrogen) atoms. The monoisotopic (exact) mass is 640 g/mol. The van der Waals surface area contributed by atoms with Gasteiger partial charge in [-0.25, -0.2) is 9.59 Å². The number of carboxylic acid groups (broad SMARTS) is 2. The van der Waals surface area contributed by atoms with Crippen molar-refractivity contribution in [3.63, 3.8) is 0 Å². The molecule has 3 aromatic carbocycles. The van der Waals surface area contributed by atoms with Crippen LogP contribution in [0.1, 0.15) is 37.7 Å². The number of aliphatic carboxylic acids is 2. The molecule has 0 saturated heterocycles. The predicted molar refractivity (Wildman–Crippen MR) is 173 cm³/mol. The Balaban J connectivity index is 1.46. The number of unbranched alkanes of at least 4 members (excludes halogenated alkanes) is 3. The summed E-state index contributed by atoms with van der Waals surface area (Å²) >= 11 is 0. The van der Waals surface area contributed by atoms with E-state index in [4.69, 9.17) is 28.8 Å². The van der Waals surface area contributed by atoms with E-state index in [2.05, 4.69) is 41.0 Å². The minimum atomic E-state index is -1.77. The Kier molecular flexibility index (Phi) is 14.9. The molecule has 12 nitrogen and oxygen atoms in total. The van der Waals surface area contributed by atoms with Crippen molar-refractivity contribution in [1.82, 2.24) is 5.32 Å². The lowest BCUT2D eigenvalue weighted by Crippen LogP contribution is -2.49. The molecule has 2 atom stereocenters. The zero-order valence-corrected chi connectivity index (χ0v) is 26.6. The molecule has 0 spiro atoms. The third-order valence-electron chi connectivity index (χ3n) is 7.28. The molecule has 0 aliphatic carbocycles. The van der Waals surface area contributed by atoms with Crippen LogP contribution in [0, 0.1) is 0 Å². The number of hydrogen-bond donors (Lipinski definition) is 4. The van der Waals surface area contributed by atoms with Crippen LogP contribution in [0.2, 0.25) is 0 Å². The molecule has 2 unspecified atom stereocenters.